The summed E-state index contributed by atoms with van der Waals surface area (Å²) >= 11 is 0. The normalized spacial score (nSPS) is 17.7. The summed E-state index contributed by atoms with van der Waals surface area (Å²) in [5.74, 6) is 0.709. The van der Waals surface area contributed by atoms with Gasteiger partial charge in [-0.1, -0.05) is 24.3 Å². The van der Waals surface area contributed by atoms with Crippen LogP contribution in [0.5, 0.6) is 0 Å². The molecule has 2 aliphatic heterocycles. The zero-order valence-electron chi connectivity index (χ0n) is 21.7. The molecule has 1 unspecified atom stereocenters. The average molecular weight is 572 g/mol. The summed E-state index contributed by atoms with van der Waals surface area (Å²) in [6, 6.07) is 12.0. The molecule has 11 nitrogen and oxygen atoms in total. The summed E-state index contributed by atoms with van der Waals surface area (Å²) in [7, 11) is -7.06. The van der Waals surface area contributed by atoms with E-state index in [0.717, 1.165) is 11.8 Å². The smallest absolute Gasteiger partial charge is 0.252 e. The van der Waals surface area contributed by atoms with Gasteiger partial charge in [-0.25, -0.2) is 31.5 Å². The summed E-state index contributed by atoms with van der Waals surface area (Å²) < 4.78 is 57.3. The van der Waals surface area contributed by atoms with Gasteiger partial charge in [0.15, 0.2) is 21.5 Å². The van der Waals surface area contributed by atoms with E-state index < -0.39 is 25.9 Å². The van der Waals surface area contributed by atoms with E-state index in [2.05, 4.69) is 9.71 Å². The quantitative estimate of drug-likeness (QED) is 0.451. The van der Waals surface area contributed by atoms with Gasteiger partial charge < -0.3 is 14.5 Å². The highest BCUT2D eigenvalue weighted by molar-refractivity contribution is 7.90. The molecule has 3 aromatic rings. The summed E-state index contributed by atoms with van der Waals surface area (Å²) in [5, 5.41) is 0. The number of sulfonamides is 1. The Morgan fingerprint density at radius 1 is 1.08 bits per heavy atom. The first-order valence-corrected chi connectivity index (χ1v) is 15.8. The van der Waals surface area contributed by atoms with Crippen LogP contribution in [0.2, 0.25) is 0 Å². The fraction of sp³-hybridized carbons (Fsp3) is 0.346. The van der Waals surface area contributed by atoms with E-state index in [4.69, 9.17) is 9.72 Å². The highest BCUT2D eigenvalue weighted by Crippen LogP contribution is 2.37. The minimum Gasteiger partial charge on any atom is -0.377 e. The van der Waals surface area contributed by atoms with Gasteiger partial charge in [0.1, 0.15) is 11.7 Å². The second-order valence-corrected chi connectivity index (χ2v) is 13.6. The Kier molecular flexibility index (Phi) is 7.18. The number of ether oxygens (including phenoxy) is 1. The molecule has 1 N–H and O–H groups in total. The Bertz CT molecular complexity index is 1620. The highest BCUT2D eigenvalue weighted by Gasteiger charge is 2.41. The molecule has 3 heterocycles. The van der Waals surface area contributed by atoms with E-state index >= 15 is 0 Å². The molecule has 1 aromatic heterocycles. The van der Waals surface area contributed by atoms with Crippen LogP contribution in [0.25, 0.3) is 11.4 Å². The number of carbonyl (C=O) groups is 1. The topological polar surface area (TPSA) is 139 Å². The second kappa shape index (κ2) is 10.3. The van der Waals surface area contributed by atoms with Crippen LogP contribution in [0.1, 0.15) is 19.4 Å². The number of benzene rings is 2. The van der Waals surface area contributed by atoms with Gasteiger partial charge in [-0.15, -0.1) is 0 Å². The van der Waals surface area contributed by atoms with Crippen molar-refractivity contribution in [2.75, 3.05) is 35.8 Å². The Labute approximate surface area is 227 Å². The van der Waals surface area contributed by atoms with Gasteiger partial charge in [0.2, 0.25) is 10.0 Å². The van der Waals surface area contributed by atoms with Crippen molar-refractivity contribution in [1.29, 1.82) is 0 Å². The van der Waals surface area contributed by atoms with Crippen molar-refractivity contribution in [2.24, 2.45) is 0 Å². The first-order valence-electron chi connectivity index (χ1n) is 12.4. The predicted octanol–water partition coefficient (Wildman–Crippen LogP) is 1.99. The average Bonchev–Trinajstić information content (AvgIpc) is 2.90. The lowest BCUT2D eigenvalue weighted by Gasteiger charge is -2.43. The first-order chi connectivity index (χ1) is 18.4. The number of morpholine rings is 1. The standard InChI is InChI=1S/C26H29N5O6S2/c1-17(2)29-39(35,36)21-6-4-5-19(13-21)24-27-14-22-25(28-24)30-11-12-37-16-23(30)26(32)31(22)15-18-7-9-20(10-8-18)38(3,33)34/h4-10,13-14,17,23,29H,11-12,15-16H2,1-3H3. The Morgan fingerprint density at radius 2 is 1.82 bits per heavy atom. The van der Waals surface area contributed by atoms with Crippen LogP contribution in [0.15, 0.2) is 64.5 Å². The Hall–Kier alpha value is -3.39. The van der Waals surface area contributed by atoms with E-state index in [1.165, 1.54) is 24.3 Å². The van der Waals surface area contributed by atoms with Crippen molar-refractivity contribution in [3.63, 3.8) is 0 Å². The summed E-state index contributed by atoms with van der Waals surface area (Å²) in [5.41, 5.74) is 1.78. The van der Waals surface area contributed by atoms with Crippen LogP contribution in [-0.2, 0) is 35.9 Å². The molecule has 2 aliphatic rings. The molecule has 0 aliphatic carbocycles. The molecule has 1 saturated heterocycles. The monoisotopic (exact) mass is 571 g/mol. The highest BCUT2D eigenvalue weighted by atomic mass is 32.2. The lowest BCUT2D eigenvalue weighted by molar-refractivity contribution is -0.122. The van der Waals surface area contributed by atoms with Gasteiger partial charge in [0, 0.05) is 24.4 Å². The maximum Gasteiger partial charge on any atom is 0.252 e. The number of aromatic nitrogens is 2. The van der Waals surface area contributed by atoms with Crippen LogP contribution in [0.3, 0.4) is 0 Å². The molecular weight excluding hydrogens is 542 g/mol. The van der Waals surface area contributed by atoms with Crippen molar-refractivity contribution in [3.8, 4) is 11.4 Å². The maximum atomic E-state index is 13.5. The number of nitrogens with zero attached hydrogens (tertiary/aromatic N) is 4. The lowest BCUT2D eigenvalue weighted by atomic mass is 10.1. The van der Waals surface area contributed by atoms with Crippen LogP contribution < -0.4 is 14.5 Å². The van der Waals surface area contributed by atoms with Crippen LogP contribution in [-0.4, -0.2) is 70.8 Å². The minimum atomic E-state index is -3.71. The SMILES string of the molecule is CC(C)NS(=O)(=O)c1cccc(-c2ncc3c(n2)N2CCOCC2C(=O)N3Cc2ccc(S(C)(=O)=O)cc2)c1. The first kappa shape index (κ1) is 27.2. The van der Waals surface area contributed by atoms with Gasteiger partial charge >= 0.3 is 0 Å². The predicted molar refractivity (Wildman–Crippen MR) is 146 cm³/mol. The summed E-state index contributed by atoms with van der Waals surface area (Å²) in [4.78, 5) is 26.6. The third-order valence-corrected chi connectivity index (χ3v) is 9.26. The van der Waals surface area contributed by atoms with Crippen LogP contribution in [0, 0.1) is 0 Å². The van der Waals surface area contributed by atoms with Crippen LogP contribution >= 0.6 is 0 Å². The zero-order chi connectivity index (χ0) is 27.9. The largest absolute Gasteiger partial charge is 0.377 e. The number of amides is 1. The summed E-state index contributed by atoms with van der Waals surface area (Å²) in [6.45, 7) is 4.79. The zero-order valence-corrected chi connectivity index (χ0v) is 23.4. The molecule has 0 bridgehead atoms. The van der Waals surface area contributed by atoms with Crippen molar-refractivity contribution >= 4 is 37.3 Å². The molecule has 2 aromatic carbocycles. The number of fused-ring (bicyclic) bond motifs is 3. The minimum absolute atomic E-state index is 0.105. The van der Waals surface area contributed by atoms with E-state index in [9.17, 15) is 21.6 Å². The third kappa shape index (κ3) is 5.53. The van der Waals surface area contributed by atoms with Crippen molar-refractivity contribution in [1.82, 2.24) is 14.7 Å². The molecule has 39 heavy (non-hydrogen) atoms. The summed E-state index contributed by atoms with van der Waals surface area (Å²) in [6.07, 6.45) is 2.71. The Morgan fingerprint density at radius 3 is 2.51 bits per heavy atom. The Balaban J connectivity index is 1.53. The van der Waals surface area contributed by atoms with E-state index in [1.807, 2.05) is 4.90 Å². The molecular formula is C26H29N5O6S2. The number of anilines is 2. The number of hydrogen-bond donors (Lipinski definition) is 1. The molecule has 1 fully saturated rings. The third-order valence-electron chi connectivity index (χ3n) is 6.48. The number of rotatable bonds is 7. The van der Waals surface area contributed by atoms with E-state index in [0.29, 0.717) is 36.0 Å². The van der Waals surface area contributed by atoms with Gasteiger partial charge in [-0.05, 0) is 43.7 Å². The maximum absolute atomic E-state index is 13.5. The van der Waals surface area contributed by atoms with Gasteiger partial charge in [-0.3, -0.25) is 4.79 Å². The van der Waals surface area contributed by atoms with Crippen molar-refractivity contribution in [2.45, 2.75) is 42.3 Å². The molecule has 0 saturated carbocycles. The molecule has 5 rings (SSSR count). The molecule has 0 radical (unpaired) electrons. The van der Waals surface area contributed by atoms with Gasteiger partial charge in [0.25, 0.3) is 5.91 Å². The van der Waals surface area contributed by atoms with Gasteiger partial charge in [-0.2, -0.15) is 0 Å². The molecule has 13 heteroatoms. The van der Waals surface area contributed by atoms with E-state index in [-0.39, 0.29) is 34.9 Å². The molecule has 1 amide bonds. The number of carbonyl (C=O) groups excluding carboxylic acids is 1. The second-order valence-electron chi connectivity index (χ2n) is 9.83. The van der Waals surface area contributed by atoms with Crippen molar-refractivity contribution in [3.05, 3.63) is 60.3 Å². The number of sulfone groups is 1. The van der Waals surface area contributed by atoms with Crippen LogP contribution in [0.4, 0.5) is 11.5 Å². The molecule has 1 atom stereocenters. The fourth-order valence-corrected chi connectivity index (χ4v) is 6.56. The molecule has 0 spiro atoms. The fourth-order valence-electron chi connectivity index (χ4n) is 4.64. The van der Waals surface area contributed by atoms with Crippen molar-refractivity contribution < 1.29 is 26.4 Å². The number of hydrogen-bond acceptors (Lipinski definition) is 9. The van der Waals surface area contributed by atoms with E-state index in [1.54, 1.807) is 49.2 Å². The lowest BCUT2D eigenvalue weighted by Crippen LogP contribution is -2.58. The molecule has 206 valence electrons. The van der Waals surface area contributed by atoms with Gasteiger partial charge in [0.05, 0.1) is 35.7 Å². The number of nitrogens with one attached hydrogen (secondary N) is 1.